The minimum Gasteiger partial charge on any atom is -0.870 e. The van der Waals surface area contributed by atoms with Gasteiger partial charge in [0.15, 0.2) is 0 Å². The van der Waals surface area contributed by atoms with Crippen LogP contribution in [0.1, 0.15) is 63.7 Å². The maximum absolute atomic E-state index is 10.1. The van der Waals surface area contributed by atoms with Gasteiger partial charge in [-0.3, -0.25) is 9.78 Å². The Kier molecular flexibility index (Phi) is 247. The van der Waals surface area contributed by atoms with Crippen molar-refractivity contribution >= 4 is 65.2 Å². The van der Waals surface area contributed by atoms with E-state index in [0.717, 1.165) is 36.7 Å². The second-order valence-corrected chi connectivity index (χ2v) is 5.80. The molecule has 7 N–H and O–H groups in total. The summed E-state index contributed by atoms with van der Waals surface area (Å²) in [7, 11) is 1.49. The van der Waals surface area contributed by atoms with Crippen LogP contribution in [0.2, 0.25) is 0 Å². The molecular formula is C25H59Cl2ILiN7O7Y4-4. The number of nitrogens with two attached hydrogens (primary N) is 2. The van der Waals surface area contributed by atoms with Gasteiger partial charge in [-0.2, -0.15) is 18.6 Å². The molecule has 0 aliphatic heterocycles. The third-order valence-corrected chi connectivity index (χ3v) is 2.84. The molecule has 47 heavy (non-hydrogen) atoms. The molecule has 0 fully saturated rings. The van der Waals surface area contributed by atoms with E-state index in [2.05, 4.69) is 57.4 Å². The zero-order valence-corrected chi connectivity index (χ0v) is 45.5. The summed E-state index contributed by atoms with van der Waals surface area (Å²) in [6.07, 6.45) is 5.06. The summed E-state index contributed by atoms with van der Waals surface area (Å²) in [5.74, 6) is 0.486. The SMILES string of the molecule is CCN.CCN.CCN(CC)CC.CCN[C-]=O.CCN[C-]=O.CCOCC.Cl.Cn1n[c-]oc1=O.O=[C-]Cl.[2H]CI.[Li+].[OH-].[Y].[Y].[Y].[Y]. The fourth-order valence-electron chi connectivity index (χ4n) is 1.25. The van der Waals surface area contributed by atoms with Crippen molar-refractivity contribution in [3.8, 4) is 0 Å². The van der Waals surface area contributed by atoms with Crippen LogP contribution >= 0.6 is 46.6 Å². The van der Waals surface area contributed by atoms with Gasteiger partial charge in [-0.25, -0.2) is 0 Å². The van der Waals surface area contributed by atoms with E-state index in [1.54, 1.807) is 0 Å². The van der Waals surface area contributed by atoms with Crippen LogP contribution in [0.5, 0.6) is 0 Å². The number of hydrogen-bond acceptors (Lipinski definition) is 11. The van der Waals surface area contributed by atoms with Crippen LogP contribution in [0.25, 0.3) is 0 Å². The second kappa shape index (κ2) is 125. The Morgan fingerprint density at radius 1 is 0.915 bits per heavy atom. The number of amides is 2. The van der Waals surface area contributed by atoms with Gasteiger partial charge < -0.3 is 72.4 Å². The molecule has 22 heteroatoms. The fraction of sp³-hybridized carbons (Fsp3) is 0.800. The van der Waals surface area contributed by atoms with Crippen LogP contribution in [0.3, 0.4) is 0 Å². The molecule has 1 heterocycles. The van der Waals surface area contributed by atoms with Gasteiger partial charge in [-0.15, -0.1) is 12.4 Å². The quantitative estimate of drug-likeness (QED) is 0.0612. The van der Waals surface area contributed by atoms with Gasteiger partial charge in [0, 0.05) is 152 Å². The Morgan fingerprint density at radius 3 is 1.19 bits per heavy atom. The molecule has 0 aliphatic rings. The molecule has 0 atom stereocenters. The van der Waals surface area contributed by atoms with Gasteiger partial charge in [-0.05, 0) is 64.6 Å². The molecule has 1 aromatic rings. The van der Waals surface area contributed by atoms with Crippen LogP contribution in [-0.4, -0.2) is 103 Å². The molecule has 0 spiro atoms. The van der Waals surface area contributed by atoms with Gasteiger partial charge >= 0.3 is 18.9 Å². The molecule has 1 rings (SSSR count). The monoisotopic (exact) mass is 1130 g/mol. The average Bonchev–Trinajstić information content (AvgIpc) is 3.32. The normalized spacial score (nSPS) is 6.66. The van der Waals surface area contributed by atoms with Crippen LogP contribution in [0.4, 0.5) is 0 Å². The molecule has 0 aliphatic carbocycles. The van der Waals surface area contributed by atoms with Crippen molar-refractivity contribution in [2.45, 2.75) is 62.3 Å². The Morgan fingerprint density at radius 2 is 1.17 bits per heavy atom. The summed E-state index contributed by atoms with van der Waals surface area (Å²) in [5, 5.41) is 7.94. The Balaban J connectivity index is -0.0000000196. The first-order valence-corrected chi connectivity index (χ1v) is 14.6. The number of ether oxygens (including phenoxy) is 1. The third kappa shape index (κ3) is 171. The van der Waals surface area contributed by atoms with E-state index in [1.165, 1.54) is 39.5 Å². The summed E-state index contributed by atoms with van der Waals surface area (Å²) in [4.78, 5) is 39.8. The van der Waals surface area contributed by atoms with Crippen molar-refractivity contribution in [2.24, 2.45) is 18.5 Å². The first-order valence-electron chi connectivity index (χ1n) is 13.4. The Bertz CT molecular complexity index is 587. The van der Waals surface area contributed by atoms with E-state index in [4.69, 9.17) is 32.0 Å². The summed E-state index contributed by atoms with van der Waals surface area (Å²) in [5.41, 5.74) is 9.69. The van der Waals surface area contributed by atoms with E-state index in [-0.39, 0.29) is 168 Å². The van der Waals surface area contributed by atoms with E-state index in [1.807, 2.05) is 70.5 Å². The third-order valence-electron chi connectivity index (χ3n) is 2.84. The molecule has 14 nitrogen and oxygen atoms in total. The number of nitrogens with zero attached hydrogens (tertiary/aromatic N) is 3. The predicted octanol–water partition coefficient (Wildman–Crippen LogP) is -0.597. The molecule has 2 amide bonds. The molecule has 0 saturated heterocycles. The molecule has 274 valence electrons. The van der Waals surface area contributed by atoms with Gasteiger partial charge in [0.2, 0.25) is 0 Å². The first-order chi connectivity index (χ1) is 19.6. The molecule has 1 aromatic heterocycles. The van der Waals surface area contributed by atoms with E-state index < -0.39 is 5.76 Å². The van der Waals surface area contributed by atoms with Crippen molar-refractivity contribution in [1.29, 1.82) is 0 Å². The number of alkyl halides is 1. The van der Waals surface area contributed by atoms with Gasteiger partial charge in [0.25, 0.3) is 5.76 Å². The van der Waals surface area contributed by atoms with Crippen molar-refractivity contribution in [1.82, 2.24) is 25.3 Å². The Hall–Kier alpha value is 3.67. The number of hydrogen-bond donors (Lipinski definition) is 4. The number of halogens is 3. The van der Waals surface area contributed by atoms with Crippen molar-refractivity contribution in [2.75, 3.05) is 63.9 Å². The van der Waals surface area contributed by atoms with Crippen LogP contribution in [0, 0.1) is 6.39 Å². The maximum Gasteiger partial charge on any atom is 1.00 e. The van der Waals surface area contributed by atoms with E-state index in [0.29, 0.717) is 18.0 Å². The number of aromatic nitrogens is 2. The van der Waals surface area contributed by atoms with E-state index >= 15 is 0 Å². The average molecular weight is 1130 g/mol. The smallest absolute Gasteiger partial charge is 0.870 e. The number of carbonyl (C=O) groups excluding carboxylic acids is 3. The molecular weight excluding hydrogens is 1070 g/mol. The Labute approximate surface area is 425 Å². The van der Waals surface area contributed by atoms with Crippen molar-refractivity contribution in [3.05, 3.63) is 16.9 Å². The van der Waals surface area contributed by atoms with Gasteiger partial charge in [0.1, 0.15) is 0 Å². The molecule has 0 saturated carbocycles. The summed E-state index contributed by atoms with van der Waals surface area (Å²) >= 11 is 6.15. The zero-order chi connectivity index (χ0) is 34.2. The largest absolute Gasteiger partial charge is 1.00 e. The van der Waals surface area contributed by atoms with Gasteiger partial charge in [-0.1, -0.05) is 71.1 Å². The minimum atomic E-state index is -0.486. The predicted molar refractivity (Wildman–Crippen MR) is 185 cm³/mol. The standard InChI is InChI=1S/C6H15N.C4H10O.C3H3N2O2.2C3H6NO.2C2H7N.CClO.CH3I.ClH.Li.H2O.4Y/c1-4-7(5-2)6-3;1-3-5-4-2;1-5-3(6)7-2-4-5;2*1-2-4-3-5;2*1-2-3;2-1-3;1-2;;;;;;;/h4-6H2,1-3H3;3-4H2,1-2H3;1H3;2*2H2,1H3,(H,4,5);2*2-3H2,1H3;;1H3;1H;;1H2;;;;/q;;3*-1;;;-1;;;+1;;;;;/p-1/i;;;;;;;;1D;;;;;;;. The molecule has 0 bridgehead atoms. The molecule has 0 unspecified atom stereocenters. The van der Waals surface area contributed by atoms with Gasteiger partial charge in [0.05, 0.1) is 6.39 Å². The van der Waals surface area contributed by atoms with Crippen molar-refractivity contribution < 1.29 is 180 Å². The minimum absolute atomic E-state index is 0. The van der Waals surface area contributed by atoms with Crippen molar-refractivity contribution in [3.63, 3.8) is 0 Å². The summed E-state index contributed by atoms with van der Waals surface area (Å²) < 4.78 is 16.2. The summed E-state index contributed by atoms with van der Waals surface area (Å²) in [6.45, 7) is 26.1. The zero-order valence-electron chi connectivity index (χ0n) is 31.4. The summed E-state index contributed by atoms with van der Waals surface area (Å²) in [6, 6.07) is 0. The fourth-order valence-corrected chi connectivity index (χ4v) is 1.25. The number of rotatable bonds is 9. The van der Waals surface area contributed by atoms with Crippen LogP contribution < -0.4 is 46.7 Å². The van der Waals surface area contributed by atoms with E-state index in [9.17, 15) is 4.79 Å². The topological polar surface area (TPSA) is 218 Å². The van der Waals surface area contributed by atoms with Crippen LogP contribution in [0.15, 0.2) is 9.21 Å². The maximum atomic E-state index is 10.1. The first kappa shape index (κ1) is 93.0. The number of nitrogens with one attached hydrogen (secondary N) is 2. The second-order valence-electron chi connectivity index (χ2n) is 5.64. The van der Waals surface area contributed by atoms with Crippen LogP contribution in [-0.2, 0) is 157 Å². The molecule has 4 radical (unpaired) electrons. The molecule has 0 aromatic carbocycles. The number of aryl methyl sites for hydroxylation is 1.